The second-order valence-electron chi connectivity index (χ2n) is 6.13. The van der Waals surface area contributed by atoms with Crippen LogP contribution in [0.3, 0.4) is 0 Å². The van der Waals surface area contributed by atoms with E-state index in [-0.39, 0.29) is 23.9 Å². The van der Waals surface area contributed by atoms with E-state index in [0.29, 0.717) is 33.5 Å². The van der Waals surface area contributed by atoms with E-state index in [9.17, 15) is 14.0 Å². The van der Waals surface area contributed by atoms with Crippen molar-refractivity contribution in [2.24, 2.45) is 7.05 Å². The lowest BCUT2D eigenvalue weighted by Crippen LogP contribution is -2.12. The maximum atomic E-state index is 13.9. The average Bonchev–Trinajstić information content (AvgIpc) is 3.03. The predicted octanol–water partition coefficient (Wildman–Crippen LogP) is 3.94. The number of carbonyl (C=O) groups excluding carboxylic acids is 2. The summed E-state index contributed by atoms with van der Waals surface area (Å²) in [5.41, 5.74) is 1.62. The summed E-state index contributed by atoms with van der Waals surface area (Å²) >= 11 is 1.38. The largest absolute Gasteiger partial charge is 0.326 e. The molecule has 1 aromatic heterocycles. The Morgan fingerprint density at radius 3 is 2.50 bits per heavy atom. The first-order chi connectivity index (χ1) is 13.5. The van der Waals surface area contributed by atoms with E-state index in [4.69, 9.17) is 0 Å². The Morgan fingerprint density at radius 2 is 1.82 bits per heavy atom. The summed E-state index contributed by atoms with van der Waals surface area (Å²) < 4.78 is 15.6. The summed E-state index contributed by atoms with van der Waals surface area (Å²) in [4.78, 5) is 23.4. The molecule has 1 heterocycles. The molecule has 0 unspecified atom stereocenters. The third kappa shape index (κ3) is 4.64. The van der Waals surface area contributed by atoms with Gasteiger partial charge >= 0.3 is 0 Å². The number of nitrogens with one attached hydrogen (secondary N) is 1. The molecule has 1 amide bonds. The van der Waals surface area contributed by atoms with E-state index < -0.39 is 0 Å². The standard InChI is InChI=1S/C20H19FN4O2S/c1-13(26)14-7-9-15(10-8-14)22-18(27)11-12-28-20-24-23-19(25(20)2)16-5-3-4-6-17(16)21/h3-10H,11-12H2,1-2H3,(H,22,27). The summed E-state index contributed by atoms with van der Waals surface area (Å²) in [6.07, 6.45) is 0.279. The first kappa shape index (κ1) is 19.8. The van der Waals surface area contributed by atoms with Crippen molar-refractivity contribution in [3.05, 3.63) is 59.9 Å². The predicted molar refractivity (Wildman–Crippen MR) is 107 cm³/mol. The van der Waals surface area contributed by atoms with Crippen LogP contribution in [-0.4, -0.2) is 32.2 Å². The van der Waals surface area contributed by atoms with Crippen LogP contribution in [0.4, 0.5) is 10.1 Å². The van der Waals surface area contributed by atoms with Gasteiger partial charge in [0.1, 0.15) is 5.82 Å². The van der Waals surface area contributed by atoms with Crippen LogP contribution >= 0.6 is 11.8 Å². The quantitative estimate of drug-likeness (QED) is 0.482. The molecule has 28 heavy (non-hydrogen) atoms. The number of carbonyl (C=O) groups is 2. The molecule has 0 atom stereocenters. The molecule has 0 saturated heterocycles. The van der Waals surface area contributed by atoms with Gasteiger partial charge in [-0.25, -0.2) is 4.39 Å². The molecule has 3 aromatic rings. The fourth-order valence-electron chi connectivity index (χ4n) is 2.56. The highest BCUT2D eigenvalue weighted by atomic mass is 32.2. The van der Waals surface area contributed by atoms with E-state index in [1.165, 1.54) is 24.8 Å². The lowest BCUT2D eigenvalue weighted by atomic mass is 10.1. The molecule has 1 N–H and O–H groups in total. The molecular formula is C20H19FN4O2S. The number of anilines is 1. The monoisotopic (exact) mass is 398 g/mol. The Labute approximate surface area is 166 Å². The number of Topliss-reactive ketones (excluding diaryl/α,β-unsaturated/α-hetero) is 1. The van der Waals surface area contributed by atoms with Crippen molar-refractivity contribution in [2.45, 2.75) is 18.5 Å². The van der Waals surface area contributed by atoms with Crippen molar-refractivity contribution in [3.8, 4) is 11.4 Å². The number of benzene rings is 2. The zero-order valence-electron chi connectivity index (χ0n) is 15.5. The highest BCUT2D eigenvalue weighted by molar-refractivity contribution is 7.99. The molecule has 0 fully saturated rings. The highest BCUT2D eigenvalue weighted by Gasteiger charge is 2.14. The number of hydrogen-bond acceptors (Lipinski definition) is 5. The van der Waals surface area contributed by atoms with Crippen LogP contribution in [0.1, 0.15) is 23.7 Å². The second kappa shape index (κ2) is 8.79. The molecule has 2 aromatic carbocycles. The number of rotatable bonds is 7. The number of hydrogen-bond donors (Lipinski definition) is 1. The molecule has 0 aliphatic heterocycles. The summed E-state index contributed by atoms with van der Waals surface area (Å²) in [5.74, 6) is 0.424. The van der Waals surface area contributed by atoms with Gasteiger partial charge in [-0.1, -0.05) is 23.9 Å². The van der Waals surface area contributed by atoms with Crippen molar-refractivity contribution in [2.75, 3.05) is 11.1 Å². The molecule has 0 radical (unpaired) electrons. The molecule has 0 aliphatic rings. The maximum Gasteiger partial charge on any atom is 0.225 e. The van der Waals surface area contributed by atoms with E-state index in [1.54, 1.807) is 54.1 Å². The van der Waals surface area contributed by atoms with Gasteiger partial charge in [0.05, 0.1) is 5.56 Å². The van der Waals surface area contributed by atoms with Gasteiger partial charge in [0.15, 0.2) is 16.8 Å². The molecule has 0 bridgehead atoms. The van der Waals surface area contributed by atoms with Crippen LogP contribution < -0.4 is 5.32 Å². The van der Waals surface area contributed by atoms with E-state index in [1.807, 2.05) is 0 Å². The van der Waals surface area contributed by atoms with Crippen LogP contribution in [0, 0.1) is 5.82 Å². The van der Waals surface area contributed by atoms with Gasteiger partial charge in [0, 0.05) is 30.5 Å². The first-order valence-electron chi connectivity index (χ1n) is 8.63. The van der Waals surface area contributed by atoms with Crippen LogP contribution in [0.15, 0.2) is 53.7 Å². The Kier molecular flexibility index (Phi) is 6.20. The maximum absolute atomic E-state index is 13.9. The first-order valence-corrected chi connectivity index (χ1v) is 9.62. The van der Waals surface area contributed by atoms with Gasteiger partial charge in [-0.3, -0.25) is 9.59 Å². The van der Waals surface area contributed by atoms with Gasteiger partial charge < -0.3 is 9.88 Å². The number of nitrogens with zero attached hydrogens (tertiary/aromatic N) is 3. The number of thioether (sulfide) groups is 1. The third-order valence-corrected chi connectivity index (χ3v) is 5.11. The Hall–Kier alpha value is -3.00. The smallest absolute Gasteiger partial charge is 0.225 e. The van der Waals surface area contributed by atoms with Gasteiger partial charge in [-0.15, -0.1) is 10.2 Å². The number of halogens is 1. The van der Waals surface area contributed by atoms with E-state index in [0.717, 1.165) is 0 Å². The minimum atomic E-state index is -0.357. The Morgan fingerprint density at radius 1 is 1.11 bits per heavy atom. The van der Waals surface area contributed by atoms with Crippen molar-refractivity contribution >= 4 is 29.1 Å². The van der Waals surface area contributed by atoms with Crippen LogP contribution in [-0.2, 0) is 11.8 Å². The summed E-state index contributed by atoms with van der Waals surface area (Å²) in [6, 6.07) is 13.1. The SMILES string of the molecule is CC(=O)c1ccc(NC(=O)CCSc2nnc(-c3ccccc3F)n2C)cc1. The molecule has 0 aliphatic carbocycles. The minimum absolute atomic E-state index is 0.0206. The fraction of sp³-hybridized carbons (Fsp3) is 0.200. The van der Waals surface area contributed by atoms with E-state index >= 15 is 0 Å². The number of aromatic nitrogens is 3. The Balaban J connectivity index is 1.54. The zero-order valence-corrected chi connectivity index (χ0v) is 16.3. The lowest BCUT2D eigenvalue weighted by molar-refractivity contribution is -0.115. The van der Waals surface area contributed by atoms with Gasteiger partial charge in [-0.05, 0) is 43.3 Å². The van der Waals surface area contributed by atoms with Gasteiger partial charge in [0.25, 0.3) is 0 Å². The molecule has 3 rings (SSSR count). The third-order valence-electron chi connectivity index (χ3n) is 4.09. The lowest BCUT2D eigenvalue weighted by Gasteiger charge is -2.06. The normalized spacial score (nSPS) is 10.7. The minimum Gasteiger partial charge on any atom is -0.326 e. The Bertz CT molecular complexity index is 1000. The number of amides is 1. The molecule has 6 nitrogen and oxygen atoms in total. The van der Waals surface area contributed by atoms with Crippen LogP contribution in [0.5, 0.6) is 0 Å². The van der Waals surface area contributed by atoms with Crippen molar-refractivity contribution in [3.63, 3.8) is 0 Å². The van der Waals surface area contributed by atoms with Crippen molar-refractivity contribution in [1.82, 2.24) is 14.8 Å². The highest BCUT2D eigenvalue weighted by Crippen LogP contribution is 2.25. The second-order valence-corrected chi connectivity index (χ2v) is 7.19. The van der Waals surface area contributed by atoms with Crippen LogP contribution in [0.25, 0.3) is 11.4 Å². The molecule has 0 saturated carbocycles. The topological polar surface area (TPSA) is 76.9 Å². The molecular weight excluding hydrogens is 379 g/mol. The van der Waals surface area contributed by atoms with Crippen molar-refractivity contribution in [1.29, 1.82) is 0 Å². The summed E-state index contributed by atoms with van der Waals surface area (Å²) in [5, 5.41) is 11.5. The summed E-state index contributed by atoms with van der Waals surface area (Å²) in [7, 11) is 1.76. The van der Waals surface area contributed by atoms with Crippen LogP contribution in [0.2, 0.25) is 0 Å². The zero-order chi connectivity index (χ0) is 20.1. The number of ketones is 1. The molecule has 144 valence electrons. The average molecular weight is 398 g/mol. The molecule has 8 heteroatoms. The summed E-state index contributed by atoms with van der Waals surface area (Å²) in [6.45, 7) is 1.49. The van der Waals surface area contributed by atoms with Gasteiger partial charge in [-0.2, -0.15) is 0 Å². The van der Waals surface area contributed by atoms with Crippen molar-refractivity contribution < 1.29 is 14.0 Å². The fourth-order valence-corrected chi connectivity index (χ4v) is 3.41. The van der Waals surface area contributed by atoms with E-state index in [2.05, 4.69) is 15.5 Å². The van der Waals surface area contributed by atoms with Gasteiger partial charge in [0.2, 0.25) is 5.91 Å². The molecule has 0 spiro atoms.